The number of hydrogen-bond acceptors (Lipinski definition) is 3. The molecule has 0 heterocycles. The zero-order chi connectivity index (χ0) is 14.0. The van der Waals surface area contributed by atoms with Crippen molar-refractivity contribution in [2.24, 2.45) is 23.5 Å². The lowest BCUT2D eigenvalue weighted by atomic mass is 9.92. The van der Waals surface area contributed by atoms with E-state index in [0.29, 0.717) is 5.92 Å². The molecule has 0 aromatic heterocycles. The first kappa shape index (κ1) is 13.6. The summed E-state index contributed by atoms with van der Waals surface area (Å²) in [5, 5.41) is 11.5. The molecule has 4 atom stereocenters. The molecule has 0 aromatic rings. The highest BCUT2D eigenvalue weighted by atomic mass is 16.4. The Bertz CT molecular complexity index is 432. The lowest BCUT2D eigenvalue weighted by Crippen LogP contribution is -2.44. The van der Waals surface area contributed by atoms with Crippen molar-refractivity contribution in [3.8, 4) is 0 Å². The fourth-order valence-electron chi connectivity index (χ4n) is 2.90. The van der Waals surface area contributed by atoms with Crippen LogP contribution in [0.4, 0.5) is 0 Å². The quantitative estimate of drug-likeness (QED) is 0.589. The Hall–Kier alpha value is -1.85. The van der Waals surface area contributed by atoms with Gasteiger partial charge in [0.15, 0.2) is 0 Å². The van der Waals surface area contributed by atoms with E-state index in [4.69, 9.17) is 10.8 Å². The fourth-order valence-corrected chi connectivity index (χ4v) is 2.90. The number of primary amides is 1. The summed E-state index contributed by atoms with van der Waals surface area (Å²) in [4.78, 5) is 33.8. The third kappa shape index (κ3) is 3.13. The minimum atomic E-state index is -1.13. The number of carbonyl (C=O) groups excluding carboxylic acids is 2. The molecule has 0 aromatic carbocycles. The molecular formula is C13H18N2O4. The molecule has 6 nitrogen and oxygen atoms in total. The van der Waals surface area contributed by atoms with Gasteiger partial charge in [-0.25, -0.2) is 4.79 Å². The summed E-state index contributed by atoms with van der Waals surface area (Å²) in [5.74, 6) is -1.37. The number of aliphatic carboxylic acids is 1. The highest BCUT2D eigenvalue weighted by Gasteiger charge is 2.40. The number of carbonyl (C=O) groups is 3. The molecule has 2 rings (SSSR count). The predicted octanol–water partition coefficient (Wildman–Crippen LogP) is 0.0335. The number of rotatable bonds is 6. The largest absolute Gasteiger partial charge is 0.480 e. The molecule has 2 bridgehead atoms. The van der Waals surface area contributed by atoms with Crippen molar-refractivity contribution in [2.75, 3.05) is 0 Å². The van der Waals surface area contributed by atoms with Crippen molar-refractivity contribution < 1.29 is 19.5 Å². The predicted molar refractivity (Wildman–Crippen MR) is 66.8 cm³/mol. The summed E-state index contributed by atoms with van der Waals surface area (Å²) >= 11 is 0. The van der Waals surface area contributed by atoms with Gasteiger partial charge in [0.25, 0.3) is 0 Å². The number of amides is 2. The van der Waals surface area contributed by atoms with Crippen molar-refractivity contribution in [3.63, 3.8) is 0 Å². The lowest BCUT2D eigenvalue weighted by molar-refractivity contribution is -0.143. The number of carboxylic acids is 1. The average Bonchev–Trinajstić information content (AvgIpc) is 2.95. The molecular weight excluding hydrogens is 248 g/mol. The number of nitrogens with two attached hydrogens (primary N) is 1. The SMILES string of the molecule is NC(=O)CCC(NC(=O)C1CC2C=CC1C2)C(=O)O. The third-order valence-corrected chi connectivity index (χ3v) is 3.91. The second-order valence-corrected chi connectivity index (χ2v) is 5.29. The summed E-state index contributed by atoms with van der Waals surface area (Å²) in [6.07, 6.45) is 5.92. The van der Waals surface area contributed by atoms with Crippen molar-refractivity contribution in [3.05, 3.63) is 12.2 Å². The van der Waals surface area contributed by atoms with Crippen LogP contribution in [0.25, 0.3) is 0 Å². The Kier molecular flexibility index (Phi) is 3.87. The first-order valence-corrected chi connectivity index (χ1v) is 6.47. The van der Waals surface area contributed by atoms with E-state index in [9.17, 15) is 14.4 Å². The Balaban J connectivity index is 1.90. The van der Waals surface area contributed by atoms with Crippen molar-refractivity contribution >= 4 is 17.8 Å². The van der Waals surface area contributed by atoms with Gasteiger partial charge in [-0.05, 0) is 31.1 Å². The normalized spacial score (nSPS) is 29.2. The van der Waals surface area contributed by atoms with E-state index in [0.717, 1.165) is 12.8 Å². The number of allylic oxidation sites excluding steroid dienone is 2. The molecule has 2 amide bonds. The molecule has 0 spiro atoms. The van der Waals surface area contributed by atoms with Crippen LogP contribution in [0.3, 0.4) is 0 Å². The summed E-state index contributed by atoms with van der Waals surface area (Å²) in [6.45, 7) is 0. The second-order valence-electron chi connectivity index (χ2n) is 5.29. The van der Waals surface area contributed by atoms with Crippen LogP contribution in [0.15, 0.2) is 12.2 Å². The zero-order valence-electron chi connectivity index (χ0n) is 10.5. The Morgan fingerprint density at radius 3 is 2.53 bits per heavy atom. The van der Waals surface area contributed by atoms with Crippen LogP contribution < -0.4 is 11.1 Å². The van der Waals surface area contributed by atoms with Gasteiger partial charge in [0, 0.05) is 12.3 Å². The molecule has 0 radical (unpaired) electrons. The van der Waals surface area contributed by atoms with Gasteiger partial charge < -0.3 is 16.2 Å². The number of nitrogens with one attached hydrogen (secondary N) is 1. The molecule has 19 heavy (non-hydrogen) atoms. The van der Waals surface area contributed by atoms with E-state index < -0.39 is 17.9 Å². The molecule has 4 unspecified atom stereocenters. The summed E-state index contributed by atoms with van der Waals surface area (Å²) < 4.78 is 0. The minimum absolute atomic E-state index is 0.0348. The van der Waals surface area contributed by atoms with Crippen LogP contribution in [-0.2, 0) is 14.4 Å². The van der Waals surface area contributed by atoms with E-state index in [1.54, 1.807) is 0 Å². The first-order valence-electron chi connectivity index (χ1n) is 6.47. The highest BCUT2D eigenvalue weighted by molar-refractivity contribution is 5.86. The highest BCUT2D eigenvalue weighted by Crippen LogP contribution is 2.43. The molecule has 2 aliphatic carbocycles. The van der Waals surface area contributed by atoms with Gasteiger partial charge in [-0.3, -0.25) is 9.59 Å². The number of fused-ring (bicyclic) bond motifs is 2. The minimum Gasteiger partial charge on any atom is -0.480 e. The fraction of sp³-hybridized carbons (Fsp3) is 0.615. The average molecular weight is 266 g/mol. The van der Waals surface area contributed by atoms with Gasteiger partial charge in [0.05, 0.1) is 0 Å². The van der Waals surface area contributed by atoms with Gasteiger partial charge in [0.2, 0.25) is 11.8 Å². The molecule has 104 valence electrons. The molecule has 4 N–H and O–H groups in total. The number of hydrogen-bond donors (Lipinski definition) is 3. The molecule has 1 fully saturated rings. The second kappa shape index (κ2) is 5.42. The maximum atomic E-state index is 12.1. The summed E-state index contributed by atoms with van der Waals surface area (Å²) in [7, 11) is 0. The van der Waals surface area contributed by atoms with E-state index in [-0.39, 0.29) is 30.6 Å². The maximum absolute atomic E-state index is 12.1. The monoisotopic (exact) mass is 266 g/mol. The van der Waals surface area contributed by atoms with Gasteiger partial charge in [-0.1, -0.05) is 12.2 Å². The maximum Gasteiger partial charge on any atom is 0.326 e. The lowest BCUT2D eigenvalue weighted by Gasteiger charge is -2.20. The van der Waals surface area contributed by atoms with Gasteiger partial charge >= 0.3 is 5.97 Å². The molecule has 6 heteroatoms. The molecule has 1 saturated carbocycles. The van der Waals surface area contributed by atoms with Crippen LogP contribution in [0.1, 0.15) is 25.7 Å². The van der Waals surface area contributed by atoms with E-state index in [2.05, 4.69) is 11.4 Å². The Morgan fingerprint density at radius 2 is 2.05 bits per heavy atom. The standard InChI is InChI=1S/C13H18N2O4/c14-11(16)4-3-10(13(18)19)15-12(17)9-6-7-1-2-8(9)5-7/h1-2,7-10H,3-6H2,(H2,14,16)(H,15,17)(H,18,19). The smallest absolute Gasteiger partial charge is 0.326 e. The molecule has 2 aliphatic rings. The van der Waals surface area contributed by atoms with Crippen molar-refractivity contribution in [1.29, 1.82) is 0 Å². The molecule has 0 aliphatic heterocycles. The Morgan fingerprint density at radius 1 is 1.32 bits per heavy atom. The van der Waals surface area contributed by atoms with Crippen LogP contribution >= 0.6 is 0 Å². The van der Waals surface area contributed by atoms with Gasteiger partial charge in [0.1, 0.15) is 6.04 Å². The third-order valence-electron chi connectivity index (χ3n) is 3.91. The topological polar surface area (TPSA) is 109 Å². The first-order chi connectivity index (χ1) is 8.97. The summed E-state index contributed by atoms with van der Waals surface area (Å²) in [6, 6.07) is -1.04. The van der Waals surface area contributed by atoms with E-state index >= 15 is 0 Å². The van der Waals surface area contributed by atoms with Crippen LogP contribution in [0.2, 0.25) is 0 Å². The zero-order valence-corrected chi connectivity index (χ0v) is 10.5. The van der Waals surface area contributed by atoms with Gasteiger partial charge in [-0.15, -0.1) is 0 Å². The van der Waals surface area contributed by atoms with Crippen LogP contribution in [0, 0.1) is 17.8 Å². The molecule has 0 saturated heterocycles. The van der Waals surface area contributed by atoms with Crippen molar-refractivity contribution in [1.82, 2.24) is 5.32 Å². The summed E-state index contributed by atoms with van der Waals surface area (Å²) in [5.41, 5.74) is 4.99. The van der Waals surface area contributed by atoms with Gasteiger partial charge in [-0.2, -0.15) is 0 Å². The van der Waals surface area contributed by atoms with Crippen LogP contribution in [0.5, 0.6) is 0 Å². The van der Waals surface area contributed by atoms with E-state index in [1.807, 2.05) is 6.08 Å². The van der Waals surface area contributed by atoms with Crippen LogP contribution in [-0.4, -0.2) is 28.9 Å². The number of carboxylic acid groups (broad SMARTS) is 1. The van der Waals surface area contributed by atoms with E-state index in [1.165, 1.54) is 0 Å². The van der Waals surface area contributed by atoms with Crippen molar-refractivity contribution in [2.45, 2.75) is 31.7 Å². The Labute approximate surface area is 111 Å².